The highest BCUT2D eigenvalue weighted by atomic mass is 32.2. The van der Waals surface area contributed by atoms with Gasteiger partial charge in [-0.15, -0.1) is 0 Å². The minimum absolute atomic E-state index is 0.0454. The summed E-state index contributed by atoms with van der Waals surface area (Å²) in [6, 6.07) is 14.4. The molecule has 0 unspecified atom stereocenters. The van der Waals surface area contributed by atoms with E-state index in [0.29, 0.717) is 32.4 Å². The van der Waals surface area contributed by atoms with Crippen LogP contribution in [0, 0.1) is 0 Å². The van der Waals surface area contributed by atoms with E-state index in [0.717, 1.165) is 5.56 Å². The van der Waals surface area contributed by atoms with E-state index in [1.54, 1.807) is 0 Å². The Labute approximate surface area is 164 Å². The van der Waals surface area contributed by atoms with Gasteiger partial charge in [-0.2, -0.15) is 4.31 Å². The van der Waals surface area contributed by atoms with Crippen molar-refractivity contribution in [3.8, 4) is 0 Å². The van der Waals surface area contributed by atoms with Crippen molar-refractivity contribution in [2.75, 3.05) is 13.1 Å². The lowest BCUT2D eigenvalue weighted by Gasteiger charge is -2.31. The Balaban J connectivity index is 1.55. The Hall–Kier alpha value is -2.71. The van der Waals surface area contributed by atoms with Gasteiger partial charge >= 0.3 is 0 Å². The first kappa shape index (κ1) is 20.0. The molecule has 8 heteroatoms. The Bertz CT molecular complexity index is 934. The summed E-state index contributed by atoms with van der Waals surface area (Å²) in [7, 11) is -3.70. The maximum atomic E-state index is 12.7. The van der Waals surface area contributed by atoms with E-state index in [1.807, 2.05) is 30.3 Å². The molecule has 0 aliphatic carbocycles. The van der Waals surface area contributed by atoms with Crippen LogP contribution in [0.15, 0.2) is 59.5 Å². The van der Waals surface area contributed by atoms with Crippen LogP contribution in [0.4, 0.5) is 0 Å². The molecule has 1 aliphatic heterocycles. The van der Waals surface area contributed by atoms with Gasteiger partial charge in [-0.05, 0) is 36.1 Å². The minimum atomic E-state index is -3.70. The van der Waals surface area contributed by atoms with E-state index in [4.69, 9.17) is 0 Å². The third-order valence-corrected chi connectivity index (χ3v) is 6.67. The summed E-state index contributed by atoms with van der Waals surface area (Å²) < 4.78 is 26.8. The quantitative estimate of drug-likeness (QED) is 0.761. The fourth-order valence-electron chi connectivity index (χ4n) is 3.21. The molecular weight excluding hydrogens is 380 g/mol. The van der Waals surface area contributed by atoms with Crippen LogP contribution in [-0.4, -0.2) is 43.7 Å². The van der Waals surface area contributed by atoms with Crippen molar-refractivity contribution in [3.05, 3.63) is 65.7 Å². The summed E-state index contributed by atoms with van der Waals surface area (Å²) in [5, 5.41) is 13.8. The second-order valence-electron chi connectivity index (χ2n) is 6.72. The number of carboxylic acid groups (broad SMARTS) is 1. The second kappa shape index (κ2) is 8.53. The first-order valence-electron chi connectivity index (χ1n) is 9.01. The van der Waals surface area contributed by atoms with E-state index in [2.05, 4.69) is 5.32 Å². The Morgan fingerprint density at radius 1 is 1.00 bits per heavy atom. The number of amides is 1. The summed E-state index contributed by atoms with van der Waals surface area (Å²) in [5.41, 5.74) is 0.860. The standard InChI is InChI=1S/C20H22N2O5S/c23-19(14-15-4-2-1-3-5-15)21-17-10-12-22(13-11-17)28(26,27)18-8-6-16(7-9-18)20(24)25/h1-9,17H,10-14H2,(H,21,23)(H,24,25)/p-1. The van der Waals surface area contributed by atoms with E-state index in [9.17, 15) is 23.1 Å². The maximum absolute atomic E-state index is 12.7. The van der Waals surface area contributed by atoms with E-state index in [1.165, 1.54) is 28.6 Å². The van der Waals surface area contributed by atoms with Crippen molar-refractivity contribution in [2.24, 2.45) is 0 Å². The summed E-state index contributed by atoms with van der Waals surface area (Å²) in [5.74, 6) is -1.43. The summed E-state index contributed by atoms with van der Waals surface area (Å²) in [6.45, 7) is 0.585. The molecule has 7 nitrogen and oxygen atoms in total. The molecule has 1 N–H and O–H groups in total. The zero-order chi connectivity index (χ0) is 20.1. The van der Waals surface area contributed by atoms with Crippen LogP contribution in [0.3, 0.4) is 0 Å². The lowest BCUT2D eigenvalue weighted by Crippen LogP contribution is -2.46. The van der Waals surface area contributed by atoms with Crippen LogP contribution in [0.25, 0.3) is 0 Å². The van der Waals surface area contributed by atoms with Crippen molar-refractivity contribution in [2.45, 2.75) is 30.2 Å². The topological polar surface area (TPSA) is 107 Å². The Morgan fingerprint density at radius 2 is 1.61 bits per heavy atom. The Morgan fingerprint density at radius 3 is 2.18 bits per heavy atom. The monoisotopic (exact) mass is 401 g/mol. The number of aromatic carboxylic acids is 1. The predicted octanol–water partition coefficient (Wildman–Crippen LogP) is 0.562. The second-order valence-corrected chi connectivity index (χ2v) is 8.66. The van der Waals surface area contributed by atoms with Crippen LogP contribution in [-0.2, 0) is 21.2 Å². The molecule has 28 heavy (non-hydrogen) atoms. The number of piperidine rings is 1. The summed E-state index contributed by atoms with van der Waals surface area (Å²) in [4.78, 5) is 23.0. The summed E-state index contributed by atoms with van der Waals surface area (Å²) in [6.07, 6.45) is 1.35. The van der Waals surface area contributed by atoms with Crippen LogP contribution in [0.2, 0.25) is 0 Å². The molecule has 148 valence electrons. The van der Waals surface area contributed by atoms with Gasteiger partial charge in [0.05, 0.1) is 17.3 Å². The molecule has 0 spiro atoms. The molecule has 0 aromatic heterocycles. The molecule has 3 rings (SSSR count). The largest absolute Gasteiger partial charge is 0.545 e. The molecule has 2 aromatic carbocycles. The van der Waals surface area contributed by atoms with Crippen molar-refractivity contribution in [3.63, 3.8) is 0 Å². The number of rotatable bonds is 6. The number of carboxylic acids is 1. The van der Waals surface area contributed by atoms with Gasteiger partial charge in [0, 0.05) is 19.1 Å². The van der Waals surface area contributed by atoms with E-state index >= 15 is 0 Å². The van der Waals surface area contributed by atoms with Crippen molar-refractivity contribution < 1.29 is 23.1 Å². The van der Waals surface area contributed by atoms with Gasteiger partial charge in [-0.3, -0.25) is 4.79 Å². The van der Waals surface area contributed by atoms with Crippen molar-refractivity contribution in [1.82, 2.24) is 9.62 Å². The zero-order valence-corrected chi connectivity index (χ0v) is 16.0. The fourth-order valence-corrected chi connectivity index (χ4v) is 4.68. The van der Waals surface area contributed by atoms with Gasteiger partial charge in [0.25, 0.3) is 0 Å². The van der Waals surface area contributed by atoms with Gasteiger partial charge in [0.2, 0.25) is 15.9 Å². The highest BCUT2D eigenvalue weighted by Gasteiger charge is 2.29. The summed E-state index contributed by atoms with van der Waals surface area (Å²) >= 11 is 0. The number of sulfonamides is 1. The molecule has 1 heterocycles. The van der Waals surface area contributed by atoms with Crippen LogP contribution >= 0.6 is 0 Å². The SMILES string of the molecule is O=C(Cc1ccccc1)NC1CCN(S(=O)(=O)c2ccc(C(=O)[O-])cc2)CC1. The highest BCUT2D eigenvalue weighted by Crippen LogP contribution is 2.21. The molecular formula is C20H21N2O5S-. The normalized spacial score (nSPS) is 15.9. The molecule has 1 amide bonds. The predicted molar refractivity (Wildman–Crippen MR) is 101 cm³/mol. The zero-order valence-electron chi connectivity index (χ0n) is 15.2. The number of nitrogens with zero attached hydrogens (tertiary/aromatic N) is 1. The number of nitrogens with one attached hydrogen (secondary N) is 1. The first-order valence-corrected chi connectivity index (χ1v) is 10.4. The molecule has 0 saturated carbocycles. The number of carbonyl (C=O) groups is 2. The van der Waals surface area contributed by atoms with E-state index in [-0.39, 0.29) is 22.4 Å². The van der Waals surface area contributed by atoms with Crippen molar-refractivity contribution >= 4 is 21.9 Å². The van der Waals surface area contributed by atoms with Crippen molar-refractivity contribution in [1.29, 1.82) is 0 Å². The molecule has 0 atom stereocenters. The molecule has 0 bridgehead atoms. The lowest BCUT2D eigenvalue weighted by atomic mass is 10.1. The molecule has 1 aliphatic rings. The molecule has 2 aromatic rings. The number of carbonyl (C=O) groups excluding carboxylic acids is 2. The first-order chi connectivity index (χ1) is 13.4. The van der Waals surface area contributed by atoms with Gasteiger partial charge in [-0.1, -0.05) is 42.5 Å². The van der Waals surface area contributed by atoms with Gasteiger partial charge in [0.1, 0.15) is 0 Å². The third kappa shape index (κ3) is 4.76. The molecule has 1 fully saturated rings. The third-order valence-electron chi connectivity index (χ3n) is 4.75. The van der Waals surface area contributed by atoms with E-state index < -0.39 is 16.0 Å². The molecule has 1 saturated heterocycles. The van der Waals surface area contributed by atoms with Gasteiger partial charge < -0.3 is 15.2 Å². The number of benzene rings is 2. The minimum Gasteiger partial charge on any atom is -0.545 e. The Kier molecular flexibility index (Phi) is 6.11. The van der Waals surface area contributed by atoms with Crippen LogP contribution in [0.5, 0.6) is 0 Å². The smallest absolute Gasteiger partial charge is 0.243 e. The van der Waals surface area contributed by atoms with Gasteiger partial charge in [-0.25, -0.2) is 8.42 Å². The number of hydrogen-bond acceptors (Lipinski definition) is 5. The average molecular weight is 401 g/mol. The van der Waals surface area contributed by atoms with Gasteiger partial charge in [0.15, 0.2) is 0 Å². The van der Waals surface area contributed by atoms with Crippen LogP contribution in [0.1, 0.15) is 28.8 Å². The highest BCUT2D eigenvalue weighted by molar-refractivity contribution is 7.89. The average Bonchev–Trinajstić information content (AvgIpc) is 2.69. The maximum Gasteiger partial charge on any atom is 0.243 e. The number of hydrogen-bond donors (Lipinski definition) is 1. The lowest BCUT2D eigenvalue weighted by molar-refractivity contribution is -0.255. The molecule has 0 radical (unpaired) electrons. The van der Waals surface area contributed by atoms with Crippen LogP contribution < -0.4 is 10.4 Å². The fraction of sp³-hybridized carbons (Fsp3) is 0.300.